The highest BCUT2D eigenvalue weighted by molar-refractivity contribution is 6.00. The molecule has 33 heavy (non-hydrogen) atoms. The van der Waals surface area contributed by atoms with Gasteiger partial charge in [0, 0.05) is 63.3 Å². The van der Waals surface area contributed by atoms with Crippen LogP contribution in [-0.2, 0) is 9.59 Å². The van der Waals surface area contributed by atoms with Crippen LogP contribution in [0.15, 0.2) is 48.8 Å². The molecule has 2 aromatic heterocycles. The molecule has 0 aliphatic carbocycles. The predicted octanol–water partition coefficient (Wildman–Crippen LogP) is 1.81. The fourth-order valence-electron chi connectivity index (χ4n) is 4.38. The zero-order valence-corrected chi connectivity index (χ0v) is 18.3. The van der Waals surface area contributed by atoms with Crippen molar-refractivity contribution < 1.29 is 14.0 Å². The molecule has 0 spiro atoms. The van der Waals surface area contributed by atoms with Crippen molar-refractivity contribution in [3.63, 3.8) is 0 Å². The third-order valence-electron chi connectivity index (χ3n) is 6.08. The maximum atomic E-state index is 13.2. The highest BCUT2D eigenvalue weighted by Gasteiger charge is 2.38. The summed E-state index contributed by atoms with van der Waals surface area (Å²) in [6, 6.07) is 9.52. The van der Waals surface area contributed by atoms with Crippen LogP contribution in [0, 0.1) is 18.7 Å². The molecule has 9 nitrogen and oxygen atoms in total. The molecule has 10 heteroatoms. The van der Waals surface area contributed by atoms with E-state index in [1.54, 1.807) is 27.9 Å². The van der Waals surface area contributed by atoms with Crippen molar-refractivity contribution in [1.29, 1.82) is 0 Å². The van der Waals surface area contributed by atoms with Crippen molar-refractivity contribution in [2.24, 2.45) is 5.92 Å². The van der Waals surface area contributed by atoms with Gasteiger partial charge in [-0.25, -0.2) is 19.0 Å². The first-order chi connectivity index (χ1) is 16.0. The Morgan fingerprint density at radius 2 is 1.79 bits per heavy atom. The van der Waals surface area contributed by atoms with Gasteiger partial charge < -0.3 is 14.7 Å². The summed E-state index contributed by atoms with van der Waals surface area (Å²) in [5, 5.41) is 4.24. The van der Waals surface area contributed by atoms with E-state index in [1.165, 1.54) is 12.1 Å². The number of amides is 2. The normalized spacial score (nSPS) is 18.8. The fraction of sp³-hybridized carbons (Fsp3) is 0.348. The van der Waals surface area contributed by atoms with Gasteiger partial charge in [-0.15, -0.1) is 0 Å². The number of rotatable bonds is 4. The van der Waals surface area contributed by atoms with Gasteiger partial charge in [0.25, 0.3) is 0 Å². The van der Waals surface area contributed by atoms with Crippen LogP contribution >= 0.6 is 0 Å². The lowest BCUT2D eigenvalue weighted by Crippen LogP contribution is -2.51. The van der Waals surface area contributed by atoms with Gasteiger partial charge in [0.15, 0.2) is 5.82 Å². The topological polar surface area (TPSA) is 87.5 Å². The maximum absolute atomic E-state index is 13.2. The third kappa shape index (κ3) is 4.28. The molecule has 0 radical (unpaired) electrons. The Hall–Kier alpha value is -3.82. The van der Waals surface area contributed by atoms with Gasteiger partial charge in [0.2, 0.25) is 11.8 Å². The molecule has 5 rings (SSSR count). The van der Waals surface area contributed by atoms with Gasteiger partial charge >= 0.3 is 0 Å². The van der Waals surface area contributed by atoms with Crippen LogP contribution in [-0.4, -0.2) is 69.2 Å². The minimum atomic E-state index is -0.387. The first-order valence-corrected chi connectivity index (χ1v) is 10.9. The molecule has 2 saturated heterocycles. The Morgan fingerprint density at radius 1 is 1.06 bits per heavy atom. The van der Waals surface area contributed by atoms with E-state index in [1.807, 2.05) is 30.2 Å². The van der Waals surface area contributed by atoms with Gasteiger partial charge in [-0.1, -0.05) is 0 Å². The lowest BCUT2D eigenvalue weighted by atomic mass is 10.1. The van der Waals surface area contributed by atoms with E-state index in [2.05, 4.69) is 20.0 Å². The molecule has 4 heterocycles. The van der Waals surface area contributed by atoms with E-state index >= 15 is 0 Å². The molecule has 3 aromatic rings. The lowest BCUT2D eigenvalue weighted by molar-refractivity contribution is -0.136. The summed E-state index contributed by atoms with van der Waals surface area (Å²) in [5.41, 5.74) is 0.619. The van der Waals surface area contributed by atoms with Crippen LogP contribution < -0.4 is 9.80 Å². The first-order valence-electron chi connectivity index (χ1n) is 10.9. The SMILES string of the molecule is Cc1nc(N2CCN(C(=O)C3CC(=O)N(c4ccc(F)cc4)C3)CC2)cc(-n2cccn2)n1. The molecule has 170 valence electrons. The standard InChI is InChI=1S/C23H24FN7O2/c1-16-26-20(14-21(27-16)31-8-2-7-25-31)28-9-11-29(12-10-28)23(33)17-13-22(32)30(15-17)19-5-3-18(24)4-6-19/h2-8,14,17H,9-13,15H2,1H3. The smallest absolute Gasteiger partial charge is 0.228 e. The van der Waals surface area contributed by atoms with Crippen molar-refractivity contribution in [3.8, 4) is 5.82 Å². The van der Waals surface area contributed by atoms with Crippen LogP contribution in [0.2, 0.25) is 0 Å². The van der Waals surface area contributed by atoms with Gasteiger partial charge in [0.1, 0.15) is 17.5 Å². The highest BCUT2D eigenvalue weighted by Crippen LogP contribution is 2.27. The number of hydrogen-bond acceptors (Lipinski definition) is 6. The molecule has 1 unspecified atom stereocenters. The number of carbonyl (C=O) groups is 2. The summed E-state index contributed by atoms with van der Waals surface area (Å²) < 4.78 is 14.9. The van der Waals surface area contributed by atoms with Gasteiger partial charge in [-0.3, -0.25) is 9.59 Å². The summed E-state index contributed by atoms with van der Waals surface area (Å²) in [4.78, 5) is 40.1. The Bertz CT molecular complexity index is 1160. The van der Waals surface area contributed by atoms with Crippen LogP contribution in [0.1, 0.15) is 12.2 Å². The average molecular weight is 449 g/mol. The molecule has 1 atom stereocenters. The molecule has 2 aliphatic heterocycles. The summed E-state index contributed by atoms with van der Waals surface area (Å²) >= 11 is 0. The van der Waals surface area contributed by atoms with Crippen LogP contribution in [0.5, 0.6) is 0 Å². The van der Waals surface area contributed by atoms with E-state index in [0.717, 1.165) is 5.82 Å². The zero-order valence-electron chi connectivity index (χ0n) is 18.3. The molecular formula is C23H24FN7O2. The van der Waals surface area contributed by atoms with Gasteiger partial charge in [0.05, 0.1) is 5.92 Å². The summed E-state index contributed by atoms with van der Waals surface area (Å²) in [7, 11) is 0. The number of carbonyl (C=O) groups excluding carboxylic acids is 2. The van der Waals surface area contributed by atoms with E-state index in [4.69, 9.17) is 0 Å². The van der Waals surface area contributed by atoms with Gasteiger partial charge in [-0.2, -0.15) is 5.10 Å². The number of hydrogen-bond donors (Lipinski definition) is 0. The minimum absolute atomic E-state index is 0.0105. The summed E-state index contributed by atoms with van der Waals surface area (Å²) in [6.45, 7) is 4.56. The number of anilines is 2. The number of benzene rings is 1. The van der Waals surface area contributed by atoms with E-state index < -0.39 is 0 Å². The van der Waals surface area contributed by atoms with Crippen molar-refractivity contribution in [3.05, 3.63) is 60.4 Å². The summed E-state index contributed by atoms with van der Waals surface area (Å²) in [5.74, 6) is 1.30. The van der Waals surface area contributed by atoms with Gasteiger partial charge in [-0.05, 0) is 37.3 Å². The summed E-state index contributed by atoms with van der Waals surface area (Å²) in [6.07, 6.45) is 3.71. The largest absolute Gasteiger partial charge is 0.353 e. The minimum Gasteiger partial charge on any atom is -0.353 e. The van der Waals surface area contributed by atoms with E-state index in [0.29, 0.717) is 50.1 Å². The van der Waals surface area contributed by atoms with Crippen molar-refractivity contribution in [2.45, 2.75) is 13.3 Å². The quantitative estimate of drug-likeness (QED) is 0.604. The highest BCUT2D eigenvalue weighted by atomic mass is 19.1. The molecule has 2 fully saturated rings. The zero-order chi connectivity index (χ0) is 22.9. The molecule has 0 saturated carbocycles. The second kappa shape index (κ2) is 8.61. The number of aryl methyl sites for hydroxylation is 1. The fourth-order valence-corrected chi connectivity index (χ4v) is 4.38. The predicted molar refractivity (Wildman–Crippen MR) is 120 cm³/mol. The lowest BCUT2D eigenvalue weighted by Gasteiger charge is -2.36. The first kappa shape index (κ1) is 21.0. The molecule has 2 aliphatic rings. The van der Waals surface area contributed by atoms with Crippen molar-refractivity contribution in [2.75, 3.05) is 42.5 Å². The second-order valence-electron chi connectivity index (χ2n) is 8.28. The number of aromatic nitrogens is 4. The Balaban J connectivity index is 1.22. The Kier molecular flexibility index (Phi) is 5.49. The van der Waals surface area contributed by atoms with E-state index in [9.17, 15) is 14.0 Å². The number of nitrogens with zero attached hydrogens (tertiary/aromatic N) is 7. The Labute approximate surface area is 190 Å². The Morgan fingerprint density at radius 3 is 2.48 bits per heavy atom. The molecule has 1 aromatic carbocycles. The van der Waals surface area contributed by atoms with Crippen LogP contribution in [0.25, 0.3) is 5.82 Å². The maximum Gasteiger partial charge on any atom is 0.228 e. The average Bonchev–Trinajstić information content (AvgIpc) is 3.49. The molecule has 2 amide bonds. The van der Waals surface area contributed by atoms with Crippen LogP contribution in [0.3, 0.4) is 0 Å². The van der Waals surface area contributed by atoms with E-state index in [-0.39, 0.29) is 30.0 Å². The second-order valence-corrected chi connectivity index (χ2v) is 8.28. The van der Waals surface area contributed by atoms with Crippen molar-refractivity contribution in [1.82, 2.24) is 24.6 Å². The monoisotopic (exact) mass is 449 g/mol. The molecule has 0 N–H and O–H groups in total. The number of piperazine rings is 1. The molecule has 0 bridgehead atoms. The van der Waals surface area contributed by atoms with Crippen LogP contribution in [0.4, 0.5) is 15.9 Å². The number of halogens is 1. The van der Waals surface area contributed by atoms with Crippen molar-refractivity contribution >= 4 is 23.3 Å². The third-order valence-corrected chi connectivity index (χ3v) is 6.08. The molecular weight excluding hydrogens is 425 g/mol.